The first kappa shape index (κ1) is 34.5. The third kappa shape index (κ3) is 5.18. The zero-order valence-electron chi connectivity index (χ0n) is 33.4. The molecule has 0 aliphatic rings. The monoisotopic (exact) mass is 789 g/mol. The molecule has 0 unspecified atom stereocenters. The molecule has 0 spiro atoms. The number of hydrogen-bond donors (Lipinski definition) is 0. The molecule has 3 aromatic heterocycles. The van der Waals surface area contributed by atoms with E-state index in [0.717, 1.165) is 49.9 Å². The molecular weight excluding hydrogens is 755 g/mol. The first-order valence-corrected chi connectivity index (χ1v) is 21.0. The zero-order chi connectivity index (χ0) is 40.7. The van der Waals surface area contributed by atoms with Gasteiger partial charge in [-0.1, -0.05) is 164 Å². The fourth-order valence-corrected chi connectivity index (χ4v) is 9.78. The summed E-state index contributed by atoms with van der Waals surface area (Å²) in [5.41, 5.74) is 9.76. The highest BCUT2D eigenvalue weighted by atomic mass is 15.0. The van der Waals surface area contributed by atoms with Crippen molar-refractivity contribution in [2.24, 2.45) is 0 Å². The summed E-state index contributed by atoms with van der Waals surface area (Å²) in [5, 5.41) is 12.1. The first-order chi connectivity index (χ1) is 30.8. The number of rotatable bonds is 5. The van der Waals surface area contributed by atoms with Gasteiger partial charge >= 0.3 is 0 Å². The number of hydrogen-bond acceptors (Lipinski definition) is 3. The lowest BCUT2D eigenvalue weighted by Crippen LogP contribution is -2.01. The fraction of sp³-hybridized carbons (Fsp3) is 0. The predicted octanol–water partition coefficient (Wildman–Crippen LogP) is 14.5. The lowest BCUT2D eigenvalue weighted by molar-refractivity contribution is 1.08. The lowest BCUT2D eigenvalue weighted by Gasteiger charge is -2.15. The van der Waals surface area contributed by atoms with E-state index in [9.17, 15) is 0 Å². The van der Waals surface area contributed by atoms with Crippen molar-refractivity contribution in [3.05, 3.63) is 212 Å². The Labute approximate surface area is 356 Å². The van der Waals surface area contributed by atoms with Crippen molar-refractivity contribution in [2.45, 2.75) is 0 Å². The third-order valence-electron chi connectivity index (χ3n) is 12.5. The number of fused-ring (bicyclic) bond motifs is 11. The fourth-order valence-electron chi connectivity index (χ4n) is 9.78. The van der Waals surface area contributed by atoms with E-state index in [2.05, 4.69) is 185 Å². The highest BCUT2D eigenvalue weighted by Gasteiger charge is 2.24. The van der Waals surface area contributed by atoms with E-state index in [4.69, 9.17) is 15.0 Å². The second-order valence-corrected chi connectivity index (χ2v) is 16.0. The van der Waals surface area contributed by atoms with Crippen LogP contribution in [0.2, 0.25) is 0 Å². The summed E-state index contributed by atoms with van der Waals surface area (Å²) in [6.07, 6.45) is 0. The van der Waals surface area contributed by atoms with Gasteiger partial charge in [0, 0.05) is 49.3 Å². The molecule has 62 heavy (non-hydrogen) atoms. The smallest absolute Gasteiger partial charge is 0.164 e. The summed E-state index contributed by atoms with van der Waals surface area (Å²) in [7, 11) is 0. The molecule has 0 aliphatic heterocycles. The molecule has 0 saturated carbocycles. The molecule has 13 rings (SSSR count). The van der Waals surface area contributed by atoms with Crippen LogP contribution in [0.5, 0.6) is 0 Å². The summed E-state index contributed by atoms with van der Waals surface area (Å²) in [6.45, 7) is 0. The summed E-state index contributed by atoms with van der Waals surface area (Å²) in [6, 6.07) is 75.7. The molecule has 3 heterocycles. The van der Waals surface area contributed by atoms with E-state index in [1.165, 1.54) is 54.1 Å². The maximum Gasteiger partial charge on any atom is 0.164 e. The van der Waals surface area contributed by atoms with E-state index < -0.39 is 0 Å². The van der Waals surface area contributed by atoms with Gasteiger partial charge in [-0.05, 0) is 75.5 Å². The second-order valence-electron chi connectivity index (χ2n) is 16.0. The van der Waals surface area contributed by atoms with E-state index >= 15 is 0 Å². The molecule has 5 nitrogen and oxygen atoms in total. The van der Waals surface area contributed by atoms with Crippen molar-refractivity contribution in [1.29, 1.82) is 0 Å². The van der Waals surface area contributed by atoms with Crippen LogP contribution >= 0.6 is 0 Å². The van der Waals surface area contributed by atoms with Crippen LogP contribution in [0.3, 0.4) is 0 Å². The minimum Gasteiger partial charge on any atom is -0.309 e. The number of para-hydroxylation sites is 1. The molecule has 0 N–H and O–H groups in total. The molecule has 0 bridgehead atoms. The standard InChI is InChI=1S/C57H35N5/c1-3-17-38(18-4-1)55-58-56(39-19-5-2-6-20-39)60-57(59-55)45-30-32-48(44-24-12-11-23-43(44)45)62-50-31-28-37-16-9-10-22-42(37)52(50)54-51(62)34-33-49-53(54)46-25-13-14-26-47(46)61(49)41-29-27-36-15-7-8-21-40(36)35-41/h1-35H. The predicted molar refractivity (Wildman–Crippen MR) is 257 cm³/mol. The molecule has 0 fully saturated rings. The Balaban J connectivity index is 1.11. The van der Waals surface area contributed by atoms with Crippen molar-refractivity contribution in [1.82, 2.24) is 24.1 Å². The highest BCUT2D eigenvalue weighted by molar-refractivity contribution is 6.33. The third-order valence-corrected chi connectivity index (χ3v) is 12.5. The molecule has 5 heteroatoms. The normalized spacial score (nSPS) is 11.9. The van der Waals surface area contributed by atoms with Crippen molar-refractivity contribution < 1.29 is 0 Å². The van der Waals surface area contributed by atoms with Crippen LogP contribution in [0, 0.1) is 0 Å². The van der Waals surface area contributed by atoms with Gasteiger partial charge in [-0.15, -0.1) is 0 Å². The Hall–Kier alpha value is -8.41. The maximum absolute atomic E-state index is 5.15. The van der Waals surface area contributed by atoms with Gasteiger partial charge in [-0.2, -0.15) is 0 Å². The Morgan fingerprint density at radius 3 is 1.55 bits per heavy atom. The van der Waals surface area contributed by atoms with Crippen LogP contribution < -0.4 is 0 Å². The van der Waals surface area contributed by atoms with Gasteiger partial charge in [0.25, 0.3) is 0 Å². The van der Waals surface area contributed by atoms with Crippen molar-refractivity contribution in [3.8, 4) is 45.5 Å². The maximum atomic E-state index is 5.15. The van der Waals surface area contributed by atoms with Gasteiger partial charge in [0.15, 0.2) is 17.5 Å². The SMILES string of the molecule is c1ccc(-c2nc(-c3ccccc3)nc(-c3ccc(-n4c5ccc6ccccc6c5c5c6c7ccccc7n(-c7ccc8ccccc8c7)c6ccc54)c4ccccc34)n2)cc1. The number of nitrogens with zero attached hydrogens (tertiary/aromatic N) is 5. The van der Waals surface area contributed by atoms with Gasteiger partial charge < -0.3 is 9.13 Å². The summed E-state index contributed by atoms with van der Waals surface area (Å²) >= 11 is 0. The summed E-state index contributed by atoms with van der Waals surface area (Å²) < 4.78 is 4.92. The van der Waals surface area contributed by atoms with Crippen molar-refractivity contribution >= 4 is 75.9 Å². The highest BCUT2D eigenvalue weighted by Crippen LogP contribution is 2.46. The van der Waals surface area contributed by atoms with E-state index in [0.29, 0.717) is 17.5 Å². The Morgan fingerprint density at radius 2 is 0.806 bits per heavy atom. The summed E-state index contributed by atoms with van der Waals surface area (Å²) in [4.78, 5) is 15.3. The lowest BCUT2D eigenvalue weighted by atomic mass is 10.0. The van der Waals surface area contributed by atoms with Gasteiger partial charge in [-0.3, -0.25) is 0 Å². The largest absolute Gasteiger partial charge is 0.309 e. The first-order valence-electron chi connectivity index (χ1n) is 21.0. The van der Waals surface area contributed by atoms with Crippen LogP contribution in [-0.4, -0.2) is 24.1 Å². The van der Waals surface area contributed by atoms with Gasteiger partial charge in [0.1, 0.15) is 0 Å². The average Bonchev–Trinajstić information content (AvgIpc) is 3.87. The molecule has 0 atom stereocenters. The van der Waals surface area contributed by atoms with E-state index in [1.807, 2.05) is 36.4 Å². The second kappa shape index (κ2) is 13.6. The van der Waals surface area contributed by atoms with Crippen LogP contribution in [0.15, 0.2) is 212 Å². The molecule has 10 aromatic carbocycles. The van der Waals surface area contributed by atoms with Gasteiger partial charge in [0.05, 0.1) is 27.8 Å². The molecule has 0 radical (unpaired) electrons. The zero-order valence-corrected chi connectivity index (χ0v) is 33.4. The van der Waals surface area contributed by atoms with E-state index in [1.54, 1.807) is 0 Å². The molecular formula is C57H35N5. The van der Waals surface area contributed by atoms with E-state index in [-0.39, 0.29) is 0 Å². The molecule has 0 saturated heterocycles. The number of benzene rings is 10. The van der Waals surface area contributed by atoms with Crippen LogP contribution in [0.4, 0.5) is 0 Å². The van der Waals surface area contributed by atoms with Crippen molar-refractivity contribution in [3.63, 3.8) is 0 Å². The topological polar surface area (TPSA) is 48.5 Å². The van der Waals surface area contributed by atoms with Crippen LogP contribution in [0.1, 0.15) is 0 Å². The van der Waals surface area contributed by atoms with Gasteiger partial charge in [-0.25, -0.2) is 15.0 Å². The quantitative estimate of drug-likeness (QED) is 0.174. The Kier molecular flexibility index (Phi) is 7.54. The van der Waals surface area contributed by atoms with Crippen LogP contribution in [-0.2, 0) is 0 Å². The Morgan fingerprint density at radius 1 is 0.290 bits per heavy atom. The minimum atomic E-state index is 0.636. The van der Waals surface area contributed by atoms with Crippen molar-refractivity contribution in [2.75, 3.05) is 0 Å². The molecule has 13 aromatic rings. The molecule has 288 valence electrons. The Bertz CT molecular complexity index is 3860. The minimum absolute atomic E-state index is 0.636. The summed E-state index contributed by atoms with van der Waals surface area (Å²) in [5.74, 6) is 1.92. The van der Waals surface area contributed by atoms with Crippen LogP contribution in [0.25, 0.3) is 121 Å². The molecule has 0 amide bonds. The van der Waals surface area contributed by atoms with Gasteiger partial charge in [0.2, 0.25) is 0 Å². The molecule has 0 aliphatic carbocycles. The average molecular weight is 790 g/mol. The number of aromatic nitrogens is 5.